The lowest BCUT2D eigenvalue weighted by Crippen LogP contribution is -2.50. The highest BCUT2D eigenvalue weighted by molar-refractivity contribution is 6.20. The van der Waals surface area contributed by atoms with Crippen molar-refractivity contribution in [2.75, 3.05) is 0 Å². The van der Waals surface area contributed by atoms with E-state index < -0.39 is 23.2 Å². The van der Waals surface area contributed by atoms with Gasteiger partial charge in [0.1, 0.15) is 0 Å². The molecule has 0 aliphatic carbocycles. The van der Waals surface area contributed by atoms with Crippen LogP contribution in [0.25, 0.3) is 0 Å². The van der Waals surface area contributed by atoms with Crippen LogP contribution in [0.5, 0.6) is 0 Å². The SMILES string of the molecule is FC(F)(Cl)ON(C(F)(F)F)C(F)(F)F. The molecule has 0 heterocycles. The predicted molar refractivity (Wildman–Crippen MR) is 25.8 cm³/mol. The molecule has 0 radical (unpaired) electrons. The van der Waals surface area contributed by atoms with Crippen molar-refractivity contribution < 1.29 is 40.0 Å². The minimum Gasteiger partial charge on any atom is -0.200 e. The van der Waals surface area contributed by atoms with Crippen molar-refractivity contribution in [2.24, 2.45) is 0 Å². The van der Waals surface area contributed by atoms with E-state index in [0.717, 1.165) is 0 Å². The zero-order valence-corrected chi connectivity index (χ0v) is 6.51. The lowest BCUT2D eigenvalue weighted by Gasteiger charge is -2.26. The Labute approximate surface area is 75.9 Å². The van der Waals surface area contributed by atoms with E-state index in [0.29, 0.717) is 0 Å². The molecule has 86 valence electrons. The van der Waals surface area contributed by atoms with E-state index in [9.17, 15) is 35.1 Å². The summed E-state index contributed by atoms with van der Waals surface area (Å²) in [5.41, 5.74) is -5.11. The molecule has 2 nitrogen and oxygen atoms in total. The van der Waals surface area contributed by atoms with Crippen LogP contribution in [0.15, 0.2) is 0 Å². The molecular formula is C3ClF8NO. The number of rotatable bonds is 2. The van der Waals surface area contributed by atoms with Crippen molar-refractivity contribution in [2.45, 2.75) is 18.2 Å². The van der Waals surface area contributed by atoms with E-state index in [1.807, 2.05) is 0 Å². The molecule has 0 aromatic rings. The summed E-state index contributed by atoms with van der Waals surface area (Å²) in [6.45, 7) is 0. The summed E-state index contributed by atoms with van der Waals surface area (Å²) in [5, 5.41) is -2.80. The molecule has 0 N–H and O–H groups in total. The van der Waals surface area contributed by atoms with E-state index in [2.05, 4.69) is 16.4 Å². The Kier molecular flexibility index (Phi) is 3.57. The first-order valence-electron chi connectivity index (χ1n) is 2.53. The molecule has 0 aromatic carbocycles. The lowest BCUT2D eigenvalue weighted by molar-refractivity contribution is -0.518. The minimum atomic E-state index is -6.17. The zero-order chi connectivity index (χ0) is 11.8. The summed E-state index contributed by atoms with van der Waals surface area (Å²) in [6.07, 6.45) is -12.3. The molecule has 0 rings (SSSR count). The van der Waals surface area contributed by atoms with Gasteiger partial charge in [-0.3, -0.25) is 0 Å². The normalized spacial score (nSPS) is 15.0. The van der Waals surface area contributed by atoms with E-state index >= 15 is 0 Å². The third kappa shape index (κ3) is 4.77. The highest BCUT2D eigenvalue weighted by atomic mass is 35.5. The maximum absolute atomic E-state index is 11.5. The largest absolute Gasteiger partial charge is 0.490 e. The maximum atomic E-state index is 11.5. The van der Waals surface area contributed by atoms with Crippen LogP contribution in [0.2, 0.25) is 0 Å². The molecule has 14 heavy (non-hydrogen) atoms. The third-order valence-corrected chi connectivity index (χ3v) is 0.724. The Balaban J connectivity index is 4.78. The minimum absolute atomic E-state index is 2.18. The summed E-state index contributed by atoms with van der Waals surface area (Å²) >= 11 is 3.74. The summed E-state index contributed by atoms with van der Waals surface area (Å²) < 4.78 is 91.7. The van der Waals surface area contributed by atoms with Crippen LogP contribution in [-0.4, -0.2) is 23.2 Å². The van der Waals surface area contributed by atoms with Gasteiger partial charge in [-0.1, -0.05) is 0 Å². The van der Waals surface area contributed by atoms with Gasteiger partial charge < -0.3 is 0 Å². The van der Waals surface area contributed by atoms with E-state index in [1.165, 1.54) is 0 Å². The van der Waals surface area contributed by atoms with Crippen LogP contribution in [0, 0.1) is 0 Å². The molecule has 0 aliphatic rings. The van der Waals surface area contributed by atoms with Gasteiger partial charge in [0.2, 0.25) is 0 Å². The van der Waals surface area contributed by atoms with Gasteiger partial charge in [0.25, 0.3) is 0 Å². The first kappa shape index (κ1) is 13.7. The second-order valence-corrected chi connectivity index (χ2v) is 2.21. The summed E-state index contributed by atoms with van der Waals surface area (Å²) in [7, 11) is 0. The van der Waals surface area contributed by atoms with Gasteiger partial charge in [0.05, 0.1) is 0 Å². The first-order chi connectivity index (χ1) is 5.84. The van der Waals surface area contributed by atoms with Crippen molar-refractivity contribution in [1.82, 2.24) is 5.06 Å². The fourth-order valence-corrected chi connectivity index (χ4v) is 0.420. The Morgan fingerprint density at radius 2 is 1.07 bits per heavy atom. The first-order valence-corrected chi connectivity index (χ1v) is 2.91. The molecule has 0 saturated heterocycles. The van der Waals surface area contributed by atoms with E-state index in [4.69, 9.17) is 0 Å². The van der Waals surface area contributed by atoms with Crippen LogP contribution in [0.4, 0.5) is 35.1 Å². The van der Waals surface area contributed by atoms with Gasteiger partial charge in [-0.2, -0.15) is 40.0 Å². The molecule has 11 heteroatoms. The van der Waals surface area contributed by atoms with Crippen molar-refractivity contribution in [3.8, 4) is 0 Å². The molecule has 0 aromatic heterocycles. The highest BCUT2D eigenvalue weighted by Gasteiger charge is 2.59. The van der Waals surface area contributed by atoms with Crippen LogP contribution >= 0.6 is 11.6 Å². The molecule has 0 bridgehead atoms. The monoisotopic (exact) mass is 253 g/mol. The number of hydrogen-bond donors (Lipinski definition) is 0. The quantitative estimate of drug-likeness (QED) is 0.325. The van der Waals surface area contributed by atoms with Gasteiger partial charge in [-0.25, -0.2) is 0 Å². The maximum Gasteiger partial charge on any atom is 0.490 e. The fourth-order valence-electron chi connectivity index (χ4n) is 0.351. The third-order valence-electron chi connectivity index (χ3n) is 0.655. The lowest BCUT2D eigenvalue weighted by atomic mass is 10.9. The van der Waals surface area contributed by atoms with Crippen molar-refractivity contribution in [3.05, 3.63) is 0 Å². The van der Waals surface area contributed by atoms with Gasteiger partial charge in [0.15, 0.2) is 0 Å². The van der Waals surface area contributed by atoms with Crippen LogP contribution < -0.4 is 0 Å². The Morgan fingerprint density at radius 1 is 0.786 bits per heavy atom. The Morgan fingerprint density at radius 3 is 1.14 bits per heavy atom. The second-order valence-electron chi connectivity index (χ2n) is 1.77. The van der Waals surface area contributed by atoms with Crippen LogP contribution in [0.3, 0.4) is 0 Å². The van der Waals surface area contributed by atoms with Gasteiger partial charge >= 0.3 is 18.2 Å². The number of hydrogen-bond acceptors (Lipinski definition) is 2. The molecular weight excluding hydrogens is 253 g/mol. The number of hydroxylamine groups is 2. The Hall–Kier alpha value is -0.350. The summed E-state index contributed by atoms with van der Waals surface area (Å²) in [4.78, 5) is 2.18. The van der Waals surface area contributed by atoms with Crippen LogP contribution in [0.1, 0.15) is 0 Å². The topological polar surface area (TPSA) is 12.5 Å². The average molecular weight is 253 g/mol. The standard InChI is InChI=1S/C3ClF8NO/c4-1(5,6)14-13(2(7,8)9)3(10,11)12. The van der Waals surface area contributed by atoms with Crippen LogP contribution in [-0.2, 0) is 4.84 Å². The molecule has 0 aliphatic heterocycles. The molecule has 0 saturated carbocycles. The molecule has 0 spiro atoms. The van der Waals surface area contributed by atoms with Crippen molar-refractivity contribution in [1.29, 1.82) is 0 Å². The van der Waals surface area contributed by atoms with Crippen molar-refractivity contribution in [3.63, 3.8) is 0 Å². The molecule has 0 amide bonds. The Bertz CT molecular complexity index is 178. The van der Waals surface area contributed by atoms with Gasteiger partial charge in [0, 0.05) is 5.06 Å². The fraction of sp³-hybridized carbons (Fsp3) is 1.00. The van der Waals surface area contributed by atoms with E-state index in [-0.39, 0.29) is 0 Å². The smallest absolute Gasteiger partial charge is 0.200 e. The summed E-state index contributed by atoms with van der Waals surface area (Å²) in [6, 6.07) is 0. The van der Waals surface area contributed by atoms with Crippen molar-refractivity contribution >= 4 is 11.6 Å². The number of nitrogens with zero attached hydrogens (tertiary/aromatic N) is 1. The van der Waals surface area contributed by atoms with E-state index in [1.54, 1.807) is 0 Å². The highest BCUT2D eigenvalue weighted by Crippen LogP contribution is 2.37. The molecule has 0 atom stereocenters. The second kappa shape index (κ2) is 3.66. The number of alkyl halides is 9. The van der Waals surface area contributed by atoms with Gasteiger partial charge in [-0.15, -0.1) is 0 Å². The number of halogens is 9. The molecule has 0 fully saturated rings. The zero-order valence-electron chi connectivity index (χ0n) is 5.76. The average Bonchev–Trinajstić information content (AvgIpc) is 1.75. The predicted octanol–water partition coefficient (Wildman–Crippen LogP) is 3.05. The van der Waals surface area contributed by atoms with Gasteiger partial charge in [-0.05, 0) is 11.6 Å². The summed E-state index contributed by atoms with van der Waals surface area (Å²) in [5.74, 6) is 0. The molecule has 0 unspecified atom stereocenters.